The van der Waals surface area contributed by atoms with E-state index < -0.39 is 17.1 Å². The minimum atomic E-state index is -0.856. The molecule has 2 bridgehead atoms. The van der Waals surface area contributed by atoms with Gasteiger partial charge in [-0.05, 0) is 31.5 Å². The number of carbonyl (C=O) groups excluding carboxylic acids is 1. The number of hydrogen-bond acceptors (Lipinski definition) is 5. The van der Waals surface area contributed by atoms with Crippen LogP contribution in [-0.2, 0) is 15.7 Å². The van der Waals surface area contributed by atoms with Gasteiger partial charge in [0.2, 0.25) is 0 Å². The van der Waals surface area contributed by atoms with E-state index in [9.17, 15) is 9.90 Å². The van der Waals surface area contributed by atoms with Crippen LogP contribution in [0.1, 0.15) is 30.4 Å². The summed E-state index contributed by atoms with van der Waals surface area (Å²) in [6.45, 7) is 0. The SMILES string of the molecule is COc1ccc2c3c1O[C@H]1C(=O)CC[C@@]4(O)[C@@H]5N(C)C25C[C@]314. The molecule has 2 saturated carbocycles. The summed E-state index contributed by atoms with van der Waals surface area (Å²) in [7, 11) is 3.70. The van der Waals surface area contributed by atoms with E-state index in [1.54, 1.807) is 7.11 Å². The number of ketones is 1. The number of nitrogens with zero attached hydrogens (tertiary/aromatic N) is 1. The summed E-state index contributed by atoms with van der Waals surface area (Å²) in [6, 6.07) is 4.16. The summed E-state index contributed by atoms with van der Waals surface area (Å²) in [6.07, 6.45) is 1.19. The maximum atomic E-state index is 12.5. The number of methoxy groups -OCH3 is 1. The first-order valence-electron chi connectivity index (χ1n) is 7.89. The van der Waals surface area contributed by atoms with Crippen molar-refractivity contribution in [2.24, 2.45) is 0 Å². The Morgan fingerprint density at radius 1 is 1.45 bits per heavy atom. The van der Waals surface area contributed by atoms with Gasteiger partial charge in [0.05, 0.1) is 29.7 Å². The van der Waals surface area contributed by atoms with Gasteiger partial charge in [-0.2, -0.15) is 0 Å². The number of fused-ring (bicyclic) bond motifs is 1. The molecule has 1 aromatic rings. The Balaban J connectivity index is 1.75. The number of ether oxygens (including phenoxy) is 2. The van der Waals surface area contributed by atoms with Crippen LogP contribution in [0.2, 0.25) is 0 Å². The van der Waals surface area contributed by atoms with Crippen LogP contribution in [0, 0.1) is 0 Å². The number of rotatable bonds is 1. The van der Waals surface area contributed by atoms with Gasteiger partial charge in [-0.1, -0.05) is 6.07 Å². The Labute approximate surface area is 127 Å². The predicted molar refractivity (Wildman–Crippen MR) is 76.1 cm³/mol. The molecule has 5 aliphatic rings. The molecule has 2 heterocycles. The van der Waals surface area contributed by atoms with Crippen LogP contribution in [0.15, 0.2) is 12.1 Å². The van der Waals surface area contributed by atoms with Crippen molar-refractivity contribution in [3.63, 3.8) is 0 Å². The number of piperidine rings is 1. The average Bonchev–Trinajstić information content (AvgIpc) is 2.83. The van der Waals surface area contributed by atoms with Gasteiger partial charge in [0.25, 0.3) is 0 Å². The molecular formula is C17H17NO4. The number of likely N-dealkylation sites (N-methyl/N-ethyl adjacent to an activating group) is 1. The standard InChI is InChI=1S/C17H17NO4/c1-18-14-16(18)7-15-11-8(16)3-4-10(21-2)12(11)22-13(15)9(19)5-6-17(14,15)20/h3-4,13-14,20H,5-7H2,1-2H3/t13-,14+,15-,16?,17+,18?/m0/s1. The molecule has 0 amide bonds. The Kier molecular flexibility index (Phi) is 1.58. The van der Waals surface area contributed by atoms with Gasteiger partial charge in [0, 0.05) is 12.0 Å². The van der Waals surface area contributed by atoms with Gasteiger partial charge in [0.15, 0.2) is 23.4 Å². The summed E-state index contributed by atoms with van der Waals surface area (Å²) in [5, 5.41) is 11.6. The molecule has 0 radical (unpaired) electrons. The maximum absolute atomic E-state index is 12.5. The van der Waals surface area contributed by atoms with Crippen LogP contribution in [0.3, 0.4) is 0 Å². The zero-order valence-corrected chi connectivity index (χ0v) is 12.5. The van der Waals surface area contributed by atoms with Crippen LogP contribution < -0.4 is 9.47 Å². The van der Waals surface area contributed by atoms with Gasteiger partial charge in [-0.15, -0.1) is 0 Å². The monoisotopic (exact) mass is 299 g/mol. The van der Waals surface area contributed by atoms with Crippen LogP contribution in [0.5, 0.6) is 11.5 Å². The third kappa shape index (κ3) is 0.783. The molecule has 2 unspecified atom stereocenters. The second-order valence-electron chi connectivity index (χ2n) is 7.49. The van der Waals surface area contributed by atoms with Crippen LogP contribution in [0.4, 0.5) is 0 Å². The van der Waals surface area contributed by atoms with Crippen molar-refractivity contribution >= 4 is 5.78 Å². The topological polar surface area (TPSA) is 58.8 Å². The number of Topliss-reactive ketones (excluding diaryl/α,β-unsaturated/α-hetero) is 1. The van der Waals surface area contributed by atoms with Crippen molar-refractivity contribution < 1.29 is 19.4 Å². The molecule has 1 aromatic carbocycles. The second kappa shape index (κ2) is 2.93. The molecule has 3 fully saturated rings. The molecular weight excluding hydrogens is 282 g/mol. The van der Waals surface area contributed by atoms with Gasteiger partial charge >= 0.3 is 0 Å². The second-order valence-corrected chi connectivity index (χ2v) is 7.49. The predicted octanol–water partition coefficient (Wildman–Crippen LogP) is 0.715. The number of carbonyl (C=O) groups is 1. The van der Waals surface area contributed by atoms with E-state index in [4.69, 9.17) is 9.47 Å². The molecule has 22 heavy (non-hydrogen) atoms. The van der Waals surface area contributed by atoms with Crippen LogP contribution in [-0.4, -0.2) is 47.7 Å². The highest BCUT2D eigenvalue weighted by molar-refractivity contribution is 5.92. The lowest BCUT2D eigenvalue weighted by Crippen LogP contribution is -2.64. The first kappa shape index (κ1) is 11.9. The van der Waals surface area contributed by atoms with E-state index in [1.807, 2.05) is 6.07 Å². The third-order valence-corrected chi connectivity index (χ3v) is 7.16. The first-order chi connectivity index (χ1) is 10.5. The summed E-state index contributed by atoms with van der Waals surface area (Å²) >= 11 is 0. The van der Waals surface area contributed by atoms with Crippen molar-refractivity contribution in [3.05, 3.63) is 23.3 Å². The molecule has 0 aromatic heterocycles. The number of benzene rings is 1. The summed E-state index contributed by atoms with van der Waals surface area (Å²) in [5.41, 5.74) is 0.771. The molecule has 6 rings (SSSR count). The smallest absolute Gasteiger partial charge is 0.174 e. The lowest BCUT2D eigenvalue weighted by molar-refractivity contribution is -0.148. The van der Waals surface area contributed by atoms with Crippen LogP contribution in [0.25, 0.3) is 0 Å². The fraction of sp³-hybridized carbons (Fsp3) is 0.588. The average molecular weight is 299 g/mol. The van der Waals surface area contributed by atoms with Crippen molar-refractivity contribution in [3.8, 4) is 11.5 Å². The highest BCUT2D eigenvalue weighted by atomic mass is 16.5. The fourth-order valence-corrected chi connectivity index (χ4v) is 6.43. The lowest BCUT2D eigenvalue weighted by Gasteiger charge is -2.47. The van der Waals surface area contributed by atoms with E-state index in [2.05, 4.69) is 18.0 Å². The fourth-order valence-electron chi connectivity index (χ4n) is 6.43. The van der Waals surface area contributed by atoms with E-state index in [-0.39, 0.29) is 17.4 Å². The van der Waals surface area contributed by atoms with E-state index in [0.29, 0.717) is 24.3 Å². The Morgan fingerprint density at radius 2 is 2.27 bits per heavy atom. The zero-order valence-electron chi connectivity index (χ0n) is 12.5. The van der Waals surface area contributed by atoms with Crippen molar-refractivity contribution in [1.82, 2.24) is 4.90 Å². The van der Waals surface area contributed by atoms with E-state index >= 15 is 0 Å². The van der Waals surface area contributed by atoms with Crippen molar-refractivity contribution in [1.29, 1.82) is 0 Å². The van der Waals surface area contributed by atoms with E-state index in [1.165, 1.54) is 5.56 Å². The van der Waals surface area contributed by atoms with E-state index in [0.717, 1.165) is 12.0 Å². The van der Waals surface area contributed by atoms with Gasteiger partial charge < -0.3 is 14.6 Å². The van der Waals surface area contributed by atoms with Crippen molar-refractivity contribution in [2.45, 2.75) is 48.0 Å². The van der Waals surface area contributed by atoms with Gasteiger partial charge in [0.1, 0.15) is 0 Å². The number of likely N-dealkylation sites (tertiary alicyclic amines) is 1. The minimum absolute atomic E-state index is 0.0994. The highest BCUT2D eigenvalue weighted by Gasteiger charge is 2.91. The Morgan fingerprint density at radius 3 is 3.05 bits per heavy atom. The normalized spacial score (nSPS) is 51.4. The first-order valence-corrected chi connectivity index (χ1v) is 7.89. The molecule has 6 atom stereocenters. The maximum Gasteiger partial charge on any atom is 0.174 e. The van der Waals surface area contributed by atoms with Crippen molar-refractivity contribution in [2.75, 3.05) is 14.2 Å². The van der Waals surface area contributed by atoms with Gasteiger partial charge in [-0.3, -0.25) is 9.69 Å². The third-order valence-electron chi connectivity index (χ3n) is 7.16. The number of hydrogen-bond donors (Lipinski definition) is 1. The largest absolute Gasteiger partial charge is 0.493 e. The minimum Gasteiger partial charge on any atom is -0.493 e. The Bertz CT molecular complexity index is 791. The van der Waals surface area contributed by atoms with Crippen LogP contribution >= 0.6 is 0 Å². The van der Waals surface area contributed by atoms with Gasteiger partial charge in [-0.25, -0.2) is 0 Å². The zero-order chi connectivity index (χ0) is 15.1. The summed E-state index contributed by atoms with van der Waals surface area (Å²) in [4.78, 5) is 14.8. The molecule has 2 spiro atoms. The molecule has 5 heteroatoms. The Hall–Kier alpha value is -1.59. The molecule has 3 aliphatic carbocycles. The molecule has 114 valence electrons. The summed E-state index contributed by atoms with van der Waals surface area (Å²) < 4.78 is 11.5. The molecule has 2 aliphatic heterocycles. The lowest BCUT2D eigenvalue weighted by atomic mass is 9.59. The summed E-state index contributed by atoms with van der Waals surface area (Å²) in [5.74, 6) is 1.48. The highest BCUT2D eigenvalue weighted by Crippen LogP contribution is 2.81. The molecule has 1 saturated heterocycles. The number of aliphatic hydroxyl groups is 1. The molecule has 5 nitrogen and oxygen atoms in total. The molecule has 1 N–H and O–H groups in total. The quantitative estimate of drug-likeness (QED) is 0.774.